The second-order valence-corrected chi connectivity index (χ2v) is 5.54. The number of aryl methyl sites for hydroxylation is 2. The molecular formula is C15H21N3O. The van der Waals surface area contributed by atoms with Crippen LogP contribution in [0.5, 0.6) is 0 Å². The first-order valence-corrected chi connectivity index (χ1v) is 7.00. The van der Waals surface area contributed by atoms with E-state index in [1.54, 1.807) is 0 Å². The topological polar surface area (TPSA) is 35.6 Å². The number of rotatable bonds is 1. The molecule has 4 nitrogen and oxygen atoms in total. The highest BCUT2D eigenvalue weighted by atomic mass is 16.2. The lowest BCUT2D eigenvalue weighted by atomic mass is 9.99. The van der Waals surface area contributed by atoms with Gasteiger partial charge in [-0.25, -0.2) is 0 Å². The van der Waals surface area contributed by atoms with Crippen molar-refractivity contribution >= 4 is 17.3 Å². The molecule has 1 aromatic carbocycles. The van der Waals surface area contributed by atoms with Crippen LogP contribution in [0.2, 0.25) is 0 Å². The summed E-state index contributed by atoms with van der Waals surface area (Å²) in [5, 5.41) is 3.22. The van der Waals surface area contributed by atoms with Gasteiger partial charge in [0.1, 0.15) is 0 Å². The number of hydrogen-bond donors (Lipinski definition) is 1. The Balaban J connectivity index is 2.16. The molecule has 3 rings (SSSR count). The monoisotopic (exact) mass is 259 g/mol. The van der Waals surface area contributed by atoms with Crippen LogP contribution in [0.25, 0.3) is 0 Å². The first-order chi connectivity index (χ1) is 9.11. The number of anilines is 2. The molecule has 2 heterocycles. The smallest absolute Gasteiger partial charge is 0.241 e. The van der Waals surface area contributed by atoms with E-state index in [1.807, 2.05) is 4.90 Å². The van der Waals surface area contributed by atoms with E-state index in [0.29, 0.717) is 6.54 Å². The van der Waals surface area contributed by atoms with Crippen molar-refractivity contribution < 1.29 is 4.79 Å². The fourth-order valence-electron chi connectivity index (χ4n) is 3.37. The summed E-state index contributed by atoms with van der Waals surface area (Å²) in [6.07, 6.45) is 0. The van der Waals surface area contributed by atoms with Crippen molar-refractivity contribution in [2.75, 3.05) is 36.0 Å². The molecule has 1 N–H and O–H groups in total. The van der Waals surface area contributed by atoms with Gasteiger partial charge in [0.2, 0.25) is 5.91 Å². The van der Waals surface area contributed by atoms with E-state index in [0.717, 1.165) is 25.3 Å². The second kappa shape index (κ2) is 4.53. The molecule has 2 aliphatic rings. The molecule has 102 valence electrons. The summed E-state index contributed by atoms with van der Waals surface area (Å²) in [7, 11) is 0. The standard InChI is InChI=1S/C15H21N3O/c1-4-17-9-12-7-16-8-14(19)18(12)13-6-10(2)5-11(3)15(13)17/h5-6,12,16H,4,7-9H2,1-3H3. The highest BCUT2D eigenvalue weighted by molar-refractivity contribution is 6.01. The van der Waals surface area contributed by atoms with Gasteiger partial charge in [0, 0.05) is 19.6 Å². The molecule has 0 bridgehead atoms. The van der Waals surface area contributed by atoms with E-state index in [4.69, 9.17) is 0 Å². The first-order valence-electron chi connectivity index (χ1n) is 7.00. The molecule has 1 unspecified atom stereocenters. The highest BCUT2D eigenvalue weighted by Gasteiger charge is 2.37. The molecule has 4 heteroatoms. The van der Waals surface area contributed by atoms with Crippen LogP contribution in [-0.4, -0.2) is 38.1 Å². The number of carbonyl (C=O) groups is 1. The van der Waals surface area contributed by atoms with Crippen molar-refractivity contribution in [2.45, 2.75) is 26.8 Å². The highest BCUT2D eigenvalue weighted by Crippen LogP contribution is 2.39. The third kappa shape index (κ3) is 1.91. The molecule has 1 aromatic rings. The van der Waals surface area contributed by atoms with Crippen molar-refractivity contribution in [2.24, 2.45) is 0 Å². The van der Waals surface area contributed by atoms with Gasteiger partial charge in [-0.05, 0) is 38.0 Å². The van der Waals surface area contributed by atoms with Crippen LogP contribution in [0.1, 0.15) is 18.1 Å². The van der Waals surface area contributed by atoms with Gasteiger partial charge < -0.3 is 15.1 Å². The zero-order valence-electron chi connectivity index (χ0n) is 11.9. The van der Waals surface area contributed by atoms with Crippen molar-refractivity contribution in [3.05, 3.63) is 23.3 Å². The van der Waals surface area contributed by atoms with E-state index < -0.39 is 0 Å². The van der Waals surface area contributed by atoms with Crippen LogP contribution < -0.4 is 15.1 Å². The summed E-state index contributed by atoms with van der Waals surface area (Å²) in [6.45, 7) is 9.66. The zero-order valence-corrected chi connectivity index (χ0v) is 11.9. The molecule has 0 spiro atoms. The Morgan fingerprint density at radius 2 is 2.16 bits per heavy atom. The number of carbonyl (C=O) groups excluding carboxylic acids is 1. The fraction of sp³-hybridized carbons (Fsp3) is 0.533. The summed E-state index contributed by atoms with van der Waals surface area (Å²) in [4.78, 5) is 16.7. The molecule has 1 atom stereocenters. The fourth-order valence-corrected chi connectivity index (χ4v) is 3.37. The normalized spacial score (nSPS) is 22.3. The second-order valence-electron chi connectivity index (χ2n) is 5.54. The van der Waals surface area contributed by atoms with E-state index in [-0.39, 0.29) is 11.9 Å². The predicted molar refractivity (Wildman–Crippen MR) is 77.9 cm³/mol. The first kappa shape index (κ1) is 12.5. The minimum atomic E-state index is 0.193. The number of hydrogen-bond acceptors (Lipinski definition) is 3. The maximum Gasteiger partial charge on any atom is 0.241 e. The molecule has 1 saturated heterocycles. The number of nitrogens with zero attached hydrogens (tertiary/aromatic N) is 2. The molecule has 0 saturated carbocycles. The number of likely N-dealkylation sites (N-methyl/N-ethyl adjacent to an activating group) is 1. The average Bonchev–Trinajstić information content (AvgIpc) is 2.37. The van der Waals surface area contributed by atoms with E-state index >= 15 is 0 Å². The van der Waals surface area contributed by atoms with Crippen molar-refractivity contribution in [3.63, 3.8) is 0 Å². The van der Waals surface area contributed by atoms with Gasteiger partial charge in [-0.1, -0.05) is 6.07 Å². The molecule has 0 aromatic heterocycles. The van der Waals surface area contributed by atoms with Crippen LogP contribution in [0.4, 0.5) is 11.4 Å². The SMILES string of the molecule is CCN1CC2CNCC(=O)N2c2cc(C)cc(C)c21. The van der Waals surface area contributed by atoms with Gasteiger partial charge in [0.15, 0.2) is 0 Å². The Kier molecular flexibility index (Phi) is 2.97. The van der Waals surface area contributed by atoms with Crippen LogP contribution in [-0.2, 0) is 4.79 Å². The molecule has 0 radical (unpaired) electrons. The van der Waals surface area contributed by atoms with Gasteiger partial charge in [-0.3, -0.25) is 4.79 Å². The third-order valence-corrected chi connectivity index (χ3v) is 4.10. The zero-order chi connectivity index (χ0) is 13.6. The number of benzene rings is 1. The van der Waals surface area contributed by atoms with E-state index in [2.05, 4.69) is 43.1 Å². The van der Waals surface area contributed by atoms with Crippen molar-refractivity contribution in [3.8, 4) is 0 Å². The average molecular weight is 259 g/mol. The Labute approximate surface area is 114 Å². The van der Waals surface area contributed by atoms with Crippen LogP contribution in [0.15, 0.2) is 12.1 Å². The van der Waals surface area contributed by atoms with Crippen molar-refractivity contribution in [1.82, 2.24) is 5.32 Å². The Morgan fingerprint density at radius 1 is 1.37 bits per heavy atom. The van der Waals surface area contributed by atoms with Gasteiger partial charge in [-0.2, -0.15) is 0 Å². The summed E-state index contributed by atoms with van der Waals surface area (Å²) in [6, 6.07) is 4.62. The molecule has 1 amide bonds. The maximum atomic E-state index is 12.3. The van der Waals surface area contributed by atoms with Crippen LogP contribution in [0.3, 0.4) is 0 Å². The van der Waals surface area contributed by atoms with Crippen molar-refractivity contribution in [1.29, 1.82) is 0 Å². The minimum Gasteiger partial charge on any atom is -0.368 e. The predicted octanol–water partition coefficient (Wildman–Crippen LogP) is 1.45. The molecule has 0 aliphatic carbocycles. The number of fused-ring (bicyclic) bond motifs is 3. The quantitative estimate of drug-likeness (QED) is 0.829. The lowest BCUT2D eigenvalue weighted by Crippen LogP contribution is -2.61. The summed E-state index contributed by atoms with van der Waals surface area (Å²) in [5.74, 6) is 0.193. The Hall–Kier alpha value is -1.55. The van der Waals surface area contributed by atoms with E-state index in [9.17, 15) is 4.79 Å². The van der Waals surface area contributed by atoms with Gasteiger partial charge >= 0.3 is 0 Å². The molecule has 19 heavy (non-hydrogen) atoms. The molecule has 2 aliphatic heterocycles. The number of nitrogens with one attached hydrogen (secondary N) is 1. The minimum absolute atomic E-state index is 0.193. The third-order valence-electron chi connectivity index (χ3n) is 4.10. The van der Waals surface area contributed by atoms with Gasteiger partial charge in [-0.15, -0.1) is 0 Å². The van der Waals surface area contributed by atoms with E-state index in [1.165, 1.54) is 16.8 Å². The Bertz CT molecular complexity index is 526. The molecule has 1 fully saturated rings. The van der Waals surface area contributed by atoms with Gasteiger partial charge in [0.25, 0.3) is 0 Å². The summed E-state index contributed by atoms with van der Waals surface area (Å²) >= 11 is 0. The summed E-state index contributed by atoms with van der Waals surface area (Å²) < 4.78 is 0. The lowest BCUT2D eigenvalue weighted by Gasteiger charge is -2.46. The maximum absolute atomic E-state index is 12.3. The Morgan fingerprint density at radius 3 is 2.89 bits per heavy atom. The molecular weight excluding hydrogens is 238 g/mol. The van der Waals surface area contributed by atoms with Gasteiger partial charge in [0.05, 0.1) is 24.0 Å². The largest absolute Gasteiger partial charge is 0.368 e. The van der Waals surface area contributed by atoms with Crippen LogP contribution >= 0.6 is 0 Å². The number of piperazine rings is 1. The summed E-state index contributed by atoms with van der Waals surface area (Å²) in [5.41, 5.74) is 4.82. The number of amides is 1. The lowest BCUT2D eigenvalue weighted by molar-refractivity contribution is -0.119. The van der Waals surface area contributed by atoms with Crippen LogP contribution in [0, 0.1) is 13.8 Å².